The zero-order valence-corrected chi connectivity index (χ0v) is 11.8. The Labute approximate surface area is 114 Å². The molecule has 0 aromatic carbocycles. The minimum Gasteiger partial charge on any atom is -0.465 e. The van der Waals surface area contributed by atoms with Crippen molar-refractivity contribution in [1.82, 2.24) is 0 Å². The topological polar surface area (TPSA) is 52.6 Å². The van der Waals surface area contributed by atoms with Crippen LogP contribution in [0.5, 0.6) is 0 Å². The summed E-state index contributed by atoms with van der Waals surface area (Å²) in [5.74, 6) is -1.37. The monoisotopic (exact) mass is 266 g/mol. The number of hydrogen-bond donors (Lipinski definition) is 0. The van der Waals surface area contributed by atoms with Gasteiger partial charge in [0.15, 0.2) is 0 Å². The van der Waals surface area contributed by atoms with Gasteiger partial charge in [-0.25, -0.2) is 0 Å². The lowest BCUT2D eigenvalue weighted by molar-refractivity contribution is -0.163. The van der Waals surface area contributed by atoms with E-state index in [1.165, 1.54) is 0 Å². The van der Waals surface area contributed by atoms with Crippen molar-refractivity contribution in [3.05, 3.63) is 24.3 Å². The minimum atomic E-state index is -0.977. The van der Waals surface area contributed by atoms with Crippen LogP contribution in [0.2, 0.25) is 0 Å². The van der Waals surface area contributed by atoms with Crippen molar-refractivity contribution in [3.8, 4) is 0 Å². The Morgan fingerprint density at radius 2 is 1.74 bits per heavy atom. The van der Waals surface area contributed by atoms with Crippen molar-refractivity contribution in [3.63, 3.8) is 0 Å². The molecule has 0 saturated carbocycles. The van der Waals surface area contributed by atoms with Crippen LogP contribution in [0.4, 0.5) is 0 Å². The molecule has 0 bridgehead atoms. The van der Waals surface area contributed by atoms with E-state index in [2.05, 4.69) is 0 Å². The van der Waals surface area contributed by atoms with E-state index in [0.717, 1.165) is 12.8 Å². The number of hydrogen-bond acceptors (Lipinski definition) is 4. The van der Waals surface area contributed by atoms with Gasteiger partial charge in [0.25, 0.3) is 0 Å². The molecule has 19 heavy (non-hydrogen) atoms. The molecule has 0 aromatic heterocycles. The number of rotatable bonds is 6. The van der Waals surface area contributed by atoms with Crippen LogP contribution in [0.1, 0.15) is 33.6 Å². The zero-order chi connectivity index (χ0) is 14.3. The molecule has 1 aliphatic rings. The lowest BCUT2D eigenvalue weighted by Gasteiger charge is -2.31. The molecule has 0 fully saturated rings. The van der Waals surface area contributed by atoms with Crippen LogP contribution < -0.4 is 0 Å². The fourth-order valence-corrected chi connectivity index (χ4v) is 1.90. The van der Waals surface area contributed by atoms with Gasteiger partial charge in [-0.3, -0.25) is 9.59 Å². The summed E-state index contributed by atoms with van der Waals surface area (Å²) in [5.41, 5.74) is -0.977. The molecule has 0 amide bonds. The maximum absolute atomic E-state index is 12.2. The van der Waals surface area contributed by atoms with Crippen LogP contribution in [-0.2, 0) is 19.1 Å². The van der Waals surface area contributed by atoms with E-state index in [9.17, 15) is 9.59 Å². The van der Waals surface area contributed by atoms with Crippen molar-refractivity contribution >= 4 is 11.9 Å². The normalized spacial score (nSPS) is 25.1. The second kappa shape index (κ2) is 7.12. The predicted molar refractivity (Wildman–Crippen MR) is 72.4 cm³/mol. The fraction of sp³-hybridized carbons (Fsp3) is 0.600. The third-order valence-corrected chi connectivity index (χ3v) is 3.08. The molecular weight excluding hydrogens is 244 g/mol. The van der Waals surface area contributed by atoms with Gasteiger partial charge in [0.1, 0.15) is 5.41 Å². The molecule has 0 N–H and O–H groups in total. The van der Waals surface area contributed by atoms with Crippen molar-refractivity contribution in [2.24, 2.45) is 11.3 Å². The Kier molecular flexibility index (Phi) is 5.80. The van der Waals surface area contributed by atoms with E-state index in [-0.39, 0.29) is 11.9 Å². The van der Waals surface area contributed by atoms with E-state index in [1.807, 2.05) is 13.8 Å². The van der Waals surface area contributed by atoms with Crippen molar-refractivity contribution < 1.29 is 19.1 Å². The predicted octanol–water partition coefficient (Wildman–Crippen LogP) is 2.64. The highest BCUT2D eigenvalue weighted by molar-refractivity contribution is 5.88. The molecule has 0 radical (unpaired) electrons. The Balaban J connectivity index is 2.82. The number of carbonyl (C=O) groups is 2. The van der Waals surface area contributed by atoms with Gasteiger partial charge in [-0.2, -0.15) is 0 Å². The lowest BCUT2D eigenvalue weighted by atomic mass is 9.74. The van der Waals surface area contributed by atoms with E-state index in [1.54, 1.807) is 31.2 Å². The average Bonchev–Trinajstić information content (AvgIpc) is 2.42. The molecule has 2 atom stereocenters. The van der Waals surface area contributed by atoms with Crippen LogP contribution in [0.15, 0.2) is 24.3 Å². The van der Waals surface area contributed by atoms with Gasteiger partial charge in [0, 0.05) is 0 Å². The summed E-state index contributed by atoms with van der Waals surface area (Å²) < 4.78 is 10.3. The first-order valence-electron chi connectivity index (χ1n) is 6.76. The van der Waals surface area contributed by atoms with E-state index in [0.29, 0.717) is 13.2 Å². The van der Waals surface area contributed by atoms with Crippen LogP contribution in [0.25, 0.3) is 0 Å². The summed E-state index contributed by atoms with van der Waals surface area (Å²) in [6.07, 6.45) is 8.44. The SMILES string of the molecule is CCCOC(=O)C1C=CC=CC1(C)C(=O)OCCC. The third-order valence-electron chi connectivity index (χ3n) is 3.08. The molecule has 4 heteroatoms. The molecule has 1 aliphatic carbocycles. The summed E-state index contributed by atoms with van der Waals surface area (Å²) in [5, 5.41) is 0. The van der Waals surface area contributed by atoms with Crippen molar-refractivity contribution in [1.29, 1.82) is 0 Å². The van der Waals surface area contributed by atoms with Gasteiger partial charge >= 0.3 is 11.9 Å². The summed E-state index contributed by atoms with van der Waals surface area (Å²) in [6.45, 7) is 6.30. The molecule has 0 aliphatic heterocycles. The molecular formula is C15H22O4. The Bertz CT molecular complexity index is 384. The molecule has 0 saturated heterocycles. The van der Waals surface area contributed by atoms with Gasteiger partial charge in [0.05, 0.1) is 19.1 Å². The number of esters is 2. The number of allylic oxidation sites excluding steroid dienone is 2. The summed E-state index contributed by atoms with van der Waals surface area (Å²) in [6, 6.07) is 0. The highest BCUT2D eigenvalue weighted by atomic mass is 16.5. The van der Waals surface area contributed by atoms with Crippen LogP contribution in [0.3, 0.4) is 0 Å². The number of ether oxygens (including phenoxy) is 2. The number of carbonyl (C=O) groups excluding carboxylic acids is 2. The van der Waals surface area contributed by atoms with Gasteiger partial charge in [-0.1, -0.05) is 38.2 Å². The minimum absolute atomic E-state index is 0.364. The quantitative estimate of drug-likeness (QED) is 0.693. The first kappa shape index (κ1) is 15.5. The van der Waals surface area contributed by atoms with E-state index >= 15 is 0 Å². The average molecular weight is 266 g/mol. The Morgan fingerprint density at radius 3 is 2.37 bits per heavy atom. The van der Waals surface area contributed by atoms with Gasteiger partial charge in [0.2, 0.25) is 0 Å². The second-order valence-electron chi connectivity index (χ2n) is 4.81. The molecule has 0 heterocycles. The molecule has 2 unspecified atom stereocenters. The van der Waals surface area contributed by atoms with E-state index < -0.39 is 11.3 Å². The smallest absolute Gasteiger partial charge is 0.316 e. The van der Waals surface area contributed by atoms with Crippen LogP contribution in [0, 0.1) is 11.3 Å². The molecule has 0 aromatic rings. The maximum atomic E-state index is 12.2. The third kappa shape index (κ3) is 3.69. The summed E-state index contributed by atoms with van der Waals surface area (Å²) in [4.78, 5) is 24.2. The van der Waals surface area contributed by atoms with Crippen LogP contribution in [-0.4, -0.2) is 25.2 Å². The lowest BCUT2D eigenvalue weighted by Crippen LogP contribution is -2.41. The van der Waals surface area contributed by atoms with Crippen molar-refractivity contribution in [2.75, 3.05) is 13.2 Å². The Hall–Kier alpha value is -1.58. The van der Waals surface area contributed by atoms with Gasteiger partial charge in [-0.05, 0) is 19.8 Å². The highest BCUT2D eigenvalue weighted by Crippen LogP contribution is 2.35. The first-order valence-corrected chi connectivity index (χ1v) is 6.76. The Morgan fingerprint density at radius 1 is 1.11 bits per heavy atom. The van der Waals surface area contributed by atoms with Gasteiger partial charge in [-0.15, -0.1) is 0 Å². The zero-order valence-electron chi connectivity index (χ0n) is 11.8. The molecule has 1 rings (SSSR count). The molecule has 0 spiro atoms. The molecule has 106 valence electrons. The van der Waals surface area contributed by atoms with Crippen molar-refractivity contribution in [2.45, 2.75) is 33.6 Å². The summed E-state index contributed by atoms with van der Waals surface area (Å²) in [7, 11) is 0. The fourth-order valence-electron chi connectivity index (χ4n) is 1.90. The highest BCUT2D eigenvalue weighted by Gasteiger charge is 2.45. The second-order valence-corrected chi connectivity index (χ2v) is 4.81. The standard InChI is InChI=1S/C15H22O4/c1-4-10-18-13(16)12-8-6-7-9-15(12,3)14(17)19-11-5-2/h6-9,12H,4-5,10-11H2,1-3H3. The maximum Gasteiger partial charge on any atom is 0.316 e. The van der Waals surface area contributed by atoms with Gasteiger partial charge < -0.3 is 9.47 Å². The molecule has 4 nitrogen and oxygen atoms in total. The largest absolute Gasteiger partial charge is 0.465 e. The van der Waals surface area contributed by atoms with E-state index in [4.69, 9.17) is 9.47 Å². The van der Waals surface area contributed by atoms with Crippen LogP contribution >= 0.6 is 0 Å². The first-order chi connectivity index (χ1) is 9.06. The summed E-state index contributed by atoms with van der Waals surface area (Å²) >= 11 is 0.